The minimum Gasteiger partial charge on any atom is -0.350 e. The van der Waals surface area contributed by atoms with Gasteiger partial charge < -0.3 is 10.3 Å². The van der Waals surface area contributed by atoms with Crippen LogP contribution in [0.3, 0.4) is 0 Å². The lowest BCUT2D eigenvalue weighted by Gasteiger charge is -2.20. The average molecular weight is 541 g/mol. The Bertz CT molecular complexity index is 1310. The lowest BCUT2D eigenvalue weighted by Crippen LogP contribution is -2.44. The van der Waals surface area contributed by atoms with E-state index in [9.17, 15) is 4.79 Å². The molecule has 0 saturated carbocycles. The van der Waals surface area contributed by atoms with Crippen LogP contribution in [0.4, 0.5) is 0 Å². The summed E-state index contributed by atoms with van der Waals surface area (Å²) >= 11 is 0. The van der Waals surface area contributed by atoms with E-state index in [-0.39, 0.29) is 5.91 Å². The van der Waals surface area contributed by atoms with Crippen molar-refractivity contribution in [1.82, 2.24) is 25.7 Å². The van der Waals surface area contributed by atoms with Crippen LogP contribution in [0.25, 0.3) is 11.8 Å². The monoisotopic (exact) mass is 540 g/mol. The molecule has 1 aromatic heterocycles. The molecule has 0 saturated heterocycles. The van der Waals surface area contributed by atoms with E-state index in [1.807, 2.05) is 43.4 Å². The van der Waals surface area contributed by atoms with Crippen molar-refractivity contribution in [2.45, 2.75) is 73.4 Å². The molecule has 7 heteroatoms. The van der Waals surface area contributed by atoms with Crippen molar-refractivity contribution in [2.75, 3.05) is 7.05 Å². The molecule has 1 aliphatic rings. The van der Waals surface area contributed by atoms with Gasteiger partial charge in [0, 0.05) is 37.8 Å². The molecule has 40 heavy (non-hydrogen) atoms. The molecule has 2 unspecified atom stereocenters. The topological polar surface area (TPSA) is 82.5 Å². The summed E-state index contributed by atoms with van der Waals surface area (Å²) in [7, 11) is 1.94. The van der Waals surface area contributed by atoms with Gasteiger partial charge in [0.1, 0.15) is 12.4 Å². The zero-order valence-electron chi connectivity index (χ0n) is 25.0. The number of rotatable bonds is 12. The van der Waals surface area contributed by atoms with E-state index >= 15 is 0 Å². The number of amides is 1. The smallest absolute Gasteiger partial charge is 0.243 e. The third-order valence-electron chi connectivity index (χ3n) is 7.27. The number of allylic oxidation sites excluding steroid dienone is 4. The molecule has 2 heterocycles. The predicted octanol–water partition coefficient (Wildman–Crippen LogP) is 6.41. The fourth-order valence-electron chi connectivity index (χ4n) is 4.45. The first-order chi connectivity index (χ1) is 19.3. The summed E-state index contributed by atoms with van der Waals surface area (Å²) in [6.07, 6.45) is 18.0. The van der Waals surface area contributed by atoms with Gasteiger partial charge in [0.05, 0.1) is 11.4 Å². The standard InChI is InChI=1S/C33H44N6O/c1-8-11-14-36-32(24(5)10-3)29(15-23(4)9-2)17-28-16-27(13-12-25(28)6)31-18-30(38-39(31)7)33(40)37-21-26-19-34-22-35-20-26/h8,11-14,16-20,22-23,30,38H,9-10,15,21H2,1-7H3,(H,37,40)/b11-8-,29-17+,32-24?,36-14?. The molecule has 212 valence electrons. The minimum atomic E-state index is -0.464. The molecule has 1 aliphatic heterocycles. The Balaban J connectivity index is 1.94. The Morgan fingerprint density at radius 3 is 2.67 bits per heavy atom. The fourth-order valence-corrected chi connectivity index (χ4v) is 4.45. The maximum Gasteiger partial charge on any atom is 0.243 e. The number of aryl methyl sites for hydroxylation is 1. The van der Waals surface area contributed by atoms with Crippen molar-refractivity contribution >= 4 is 23.9 Å². The summed E-state index contributed by atoms with van der Waals surface area (Å²) in [4.78, 5) is 25.8. The lowest BCUT2D eigenvalue weighted by molar-refractivity contribution is -0.122. The first-order valence-electron chi connectivity index (χ1n) is 14.2. The number of carbonyl (C=O) groups excluding carboxylic acids is 1. The van der Waals surface area contributed by atoms with Gasteiger partial charge in [-0.3, -0.25) is 9.79 Å². The highest BCUT2D eigenvalue weighted by Crippen LogP contribution is 2.31. The molecule has 2 atom stereocenters. The second kappa shape index (κ2) is 15.1. The highest BCUT2D eigenvalue weighted by atomic mass is 16.2. The maximum absolute atomic E-state index is 12.9. The molecule has 0 aliphatic carbocycles. The van der Waals surface area contributed by atoms with Gasteiger partial charge in [0.25, 0.3) is 0 Å². The Morgan fingerprint density at radius 1 is 1.25 bits per heavy atom. The Hall–Kier alpha value is -3.84. The SMILES string of the molecule is C/C=C\C=NC(=C(C)CC)/C(=C/c1cc(C2=CC(C(=O)NCc3cncnc3)NN2C)ccc1C)CC(C)CC. The number of hydrazine groups is 1. The van der Waals surface area contributed by atoms with E-state index in [2.05, 4.69) is 79.6 Å². The molecular formula is C33H44N6O. The number of carbonyl (C=O) groups is 1. The van der Waals surface area contributed by atoms with E-state index < -0.39 is 6.04 Å². The maximum atomic E-state index is 12.9. The van der Waals surface area contributed by atoms with Gasteiger partial charge >= 0.3 is 0 Å². The van der Waals surface area contributed by atoms with Gasteiger partial charge in [0.15, 0.2) is 0 Å². The molecule has 0 fully saturated rings. The number of hydrogen-bond donors (Lipinski definition) is 2. The summed E-state index contributed by atoms with van der Waals surface area (Å²) in [5.74, 6) is 0.443. The van der Waals surface area contributed by atoms with Crippen LogP contribution in [0.15, 0.2) is 77.0 Å². The molecule has 2 N–H and O–H groups in total. The lowest BCUT2D eigenvalue weighted by atomic mass is 9.91. The molecule has 7 nitrogen and oxygen atoms in total. The Kier molecular flexibility index (Phi) is 11.6. The van der Waals surface area contributed by atoms with Gasteiger partial charge in [-0.1, -0.05) is 45.4 Å². The zero-order chi connectivity index (χ0) is 29.1. The fraction of sp³-hybridized carbons (Fsp3) is 0.394. The van der Waals surface area contributed by atoms with Crippen LogP contribution in [0, 0.1) is 12.8 Å². The van der Waals surface area contributed by atoms with E-state index in [1.54, 1.807) is 12.4 Å². The molecule has 0 bridgehead atoms. The largest absolute Gasteiger partial charge is 0.350 e. The van der Waals surface area contributed by atoms with Crippen LogP contribution in [-0.4, -0.2) is 40.2 Å². The molecular weight excluding hydrogens is 496 g/mol. The van der Waals surface area contributed by atoms with E-state index in [4.69, 9.17) is 4.99 Å². The number of aromatic nitrogens is 2. The van der Waals surface area contributed by atoms with Crippen molar-refractivity contribution in [3.05, 3.63) is 94.2 Å². The normalized spacial score (nSPS) is 17.4. The van der Waals surface area contributed by atoms with Crippen LogP contribution in [0.5, 0.6) is 0 Å². The van der Waals surface area contributed by atoms with E-state index in [0.717, 1.165) is 47.3 Å². The van der Waals surface area contributed by atoms with Crippen molar-refractivity contribution in [1.29, 1.82) is 0 Å². The van der Waals surface area contributed by atoms with Crippen LogP contribution in [0.1, 0.15) is 76.1 Å². The first kappa shape index (κ1) is 30.7. The van der Waals surface area contributed by atoms with Crippen LogP contribution in [-0.2, 0) is 11.3 Å². The highest BCUT2D eigenvalue weighted by Gasteiger charge is 2.26. The van der Waals surface area contributed by atoms with Gasteiger partial charge in [0.2, 0.25) is 5.91 Å². The number of hydrogen-bond acceptors (Lipinski definition) is 6. The van der Waals surface area contributed by atoms with Gasteiger partial charge in [-0.15, -0.1) is 0 Å². The minimum absolute atomic E-state index is 0.0995. The summed E-state index contributed by atoms with van der Waals surface area (Å²) in [5, 5.41) is 4.89. The quantitative estimate of drug-likeness (QED) is 0.240. The number of nitrogens with one attached hydrogen (secondary N) is 2. The van der Waals surface area contributed by atoms with Gasteiger partial charge in [-0.2, -0.15) is 0 Å². The van der Waals surface area contributed by atoms with Gasteiger partial charge in [-0.25, -0.2) is 15.4 Å². The van der Waals surface area contributed by atoms with E-state index in [1.165, 1.54) is 23.0 Å². The predicted molar refractivity (Wildman–Crippen MR) is 166 cm³/mol. The highest BCUT2D eigenvalue weighted by molar-refractivity contribution is 5.87. The number of nitrogens with zero attached hydrogens (tertiary/aromatic N) is 4. The Morgan fingerprint density at radius 2 is 2.00 bits per heavy atom. The average Bonchev–Trinajstić information content (AvgIpc) is 3.36. The molecule has 2 aromatic rings. The number of benzene rings is 1. The van der Waals surface area contributed by atoms with Crippen LogP contribution in [0.2, 0.25) is 0 Å². The zero-order valence-corrected chi connectivity index (χ0v) is 25.0. The van der Waals surface area contributed by atoms with Crippen molar-refractivity contribution in [3.8, 4) is 0 Å². The second-order valence-corrected chi connectivity index (χ2v) is 10.4. The second-order valence-electron chi connectivity index (χ2n) is 10.4. The molecule has 1 amide bonds. The van der Waals surface area contributed by atoms with Gasteiger partial charge in [-0.05, 0) is 91.7 Å². The van der Waals surface area contributed by atoms with E-state index in [0.29, 0.717) is 12.5 Å². The summed E-state index contributed by atoms with van der Waals surface area (Å²) in [5.41, 5.74) is 12.1. The van der Waals surface area contributed by atoms with Crippen LogP contribution < -0.4 is 10.7 Å². The molecule has 1 aromatic carbocycles. The summed E-state index contributed by atoms with van der Waals surface area (Å²) in [6, 6.07) is 6.02. The van der Waals surface area contributed by atoms with Crippen molar-refractivity contribution in [2.24, 2.45) is 10.9 Å². The third-order valence-corrected chi connectivity index (χ3v) is 7.27. The summed E-state index contributed by atoms with van der Waals surface area (Å²) in [6.45, 7) is 13.4. The number of aliphatic imine (C=N–C) groups is 1. The molecule has 3 rings (SSSR count). The molecule has 0 spiro atoms. The first-order valence-corrected chi connectivity index (χ1v) is 14.2. The van der Waals surface area contributed by atoms with Crippen molar-refractivity contribution < 1.29 is 4.79 Å². The summed E-state index contributed by atoms with van der Waals surface area (Å²) < 4.78 is 0. The van der Waals surface area contributed by atoms with Crippen LogP contribution >= 0.6 is 0 Å². The van der Waals surface area contributed by atoms with Crippen molar-refractivity contribution in [3.63, 3.8) is 0 Å². The Labute approximate surface area is 239 Å². The molecule has 0 radical (unpaired) electrons. The third kappa shape index (κ3) is 8.33.